The van der Waals surface area contributed by atoms with Crippen LogP contribution in [0.2, 0.25) is 0 Å². The topological polar surface area (TPSA) is 85.9 Å². The first-order chi connectivity index (χ1) is 10.6. The number of ether oxygens (including phenoxy) is 3. The monoisotopic (exact) mass is 308 g/mol. The number of carbonyl (C=O) groups is 2. The summed E-state index contributed by atoms with van der Waals surface area (Å²) in [6, 6.07) is 3.17. The number of rotatable bonds is 6. The predicted octanol–water partition coefficient (Wildman–Crippen LogP) is 1.82. The second kappa shape index (κ2) is 8.56. The molecule has 1 rings (SSSR count). The van der Waals surface area contributed by atoms with Crippen LogP contribution in [0.4, 0.5) is 4.79 Å². The largest absolute Gasteiger partial charge is 0.493 e. The molecule has 0 aliphatic rings. The van der Waals surface area contributed by atoms with Gasteiger partial charge in [-0.3, -0.25) is 10.2 Å². The molecule has 0 saturated carbocycles. The fourth-order valence-corrected chi connectivity index (χ4v) is 1.83. The van der Waals surface area contributed by atoms with Crippen molar-refractivity contribution >= 4 is 12.0 Å². The van der Waals surface area contributed by atoms with Gasteiger partial charge in [0.15, 0.2) is 11.5 Å². The molecule has 2 N–H and O–H groups in total. The van der Waals surface area contributed by atoms with Gasteiger partial charge in [0.1, 0.15) is 0 Å². The molecule has 0 aliphatic heterocycles. The number of hydrogen-bond donors (Lipinski definition) is 2. The van der Waals surface area contributed by atoms with Gasteiger partial charge < -0.3 is 14.2 Å². The van der Waals surface area contributed by atoms with Gasteiger partial charge >= 0.3 is 6.09 Å². The van der Waals surface area contributed by atoms with Crippen LogP contribution in [0, 0.1) is 0 Å². The molecular formula is C15H20N2O5. The first-order valence-electron chi connectivity index (χ1n) is 6.66. The minimum atomic E-state index is -0.734. The van der Waals surface area contributed by atoms with Crippen LogP contribution in [0.1, 0.15) is 22.8 Å². The predicted molar refractivity (Wildman–Crippen MR) is 81.1 cm³/mol. The molecule has 0 aromatic heterocycles. The fraction of sp³-hybridized carbons (Fsp3) is 0.333. The SMILES string of the molecule is C=CCc1cc(C(=O)NNC(=O)OCC)cc(OC)c1OC. The molecular weight excluding hydrogens is 288 g/mol. The molecule has 2 amide bonds. The van der Waals surface area contributed by atoms with Crippen molar-refractivity contribution in [2.75, 3.05) is 20.8 Å². The Balaban J connectivity index is 2.98. The van der Waals surface area contributed by atoms with E-state index in [4.69, 9.17) is 9.47 Å². The lowest BCUT2D eigenvalue weighted by Gasteiger charge is -2.14. The standard InChI is InChI=1S/C15H20N2O5/c1-5-7-10-8-11(9-12(20-3)13(10)21-4)14(18)16-17-15(19)22-6-2/h5,8-9H,1,6-7H2,2-4H3,(H,16,18)(H,17,19). The number of methoxy groups -OCH3 is 2. The normalized spacial score (nSPS) is 9.59. The zero-order valence-electron chi connectivity index (χ0n) is 12.9. The number of amides is 2. The summed E-state index contributed by atoms with van der Waals surface area (Å²) in [6.07, 6.45) is 1.46. The second-order valence-electron chi connectivity index (χ2n) is 4.16. The Morgan fingerprint density at radius 3 is 2.50 bits per heavy atom. The molecule has 0 unspecified atom stereocenters. The lowest BCUT2D eigenvalue weighted by Crippen LogP contribution is -2.41. The molecule has 0 spiro atoms. The van der Waals surface area contributed by atoms with Gasteiger partial charge in [-0.05, 0) is 25.5 Å². The Bertz CT molecular complexity index is 557. The average Bonchev–Trinajstić information content (AvgIpc) is 2.52. The number of allylic oxidation sites excluding steroid dienone is 1. The summed E-state index contributed by atoms with van der Waals surface area (Å²) >= 11 is 0. The van der Waals surface area contributed by atoms with Crippen LogP contribution < -0.4 is 20.3 Å². The van der Waals surface area contributed by atoms with E-state index in [1.54, 1.807) is 19.1 Å². The van der Waals surface area contributed by atoms with Crippen LogP contribution in [0.25, 0.3) is 0 Å². The van der Waals surface area contributed by atoms with Crippen molar-refractivity contribution in [2.45, 2.75) is 13.3 Å². The van der Waals surface area contributed by atoms with Crippen LogP contribution in [-0.2, 0) is 11.2 Å². The van der Waals surface area contributed by atoms with Crippen molar-refractivity contribution in [3.8, 4) is 11.5 Å². The third-order valence-electron chi connectivity index (χ3n) is 2.74. The Morgan fingerprint density at radius 1 is 1.23 bits per heavy atom. The molecule has 0 radical (unpaired) electrons. The van der Waals surface area contributed by atoms with Crippen LogP contribution in [0.5, 0.6) is 11.5 Å². The van der Waals surface area contributed by atoms with Gasteiger partial charge in [-0.25, -0.2) is 10.2 Å². The highest BCUT2D eigenvalue weighted by atomic mass is 16.6. The van der Waals surface area contributed by atoms with Gasteiger partial charge in [-0.2, -0.15) is 0 Å². The Morgan fingerprint density at radius 2 is 1.95 bits per heavy atom. The summed E-state index contributed by atoms with van der Waals surface area (Å²) in [5, 5.41) is 0. The third kappa shape index (κ3) is 4.41. The van der Waals surface area contributed by atoms with Crippen molar-refractivity contribution in [1.82, 2.24) is 10.9 Å². The minimum Gasteiger partial charge on any atom is -0.493 e. The van der Waals surface area contributed by atoms with Gasteiger partial charge in [-0.15, -0.1) is 6.58 Å². The van der Waals surface area contributed by atoms with E-state index in [2.05, 4.69) is 22.2 Å². The summed E-state index contributed by atoms with van der Waals surface area (Å²) in [7, 11) is 3.00. The molecule has 1 aromatic carbocycles. The molecule has 0 fully saturated rings. The lowest BCUT2D eigenvalue weighted by molar-refractivity contribution is 0.0912. The van der Waals surface area contributed by atoms with E-state index in [0.29, 0.717) is 23.5 Å². The minimum absolute atomic E-state index is 0.210. The summed E-state index contributed by atoms with van der Waals surface area (Å²) in [5.41, 5.74) is 5.46. The van der Waals surface area contributed by atoms with Crippen molar-refractivity contribution in [3.05, 3.63) is 35.9 Å². The molecule has 0 atom stereocenters. The summed E-state index contributed by atoms with van der Waals surface area (Å²) in [5.74, 6) is 0.458. The zero-order chi connectivity index (χ0) is 16.5. The quantitative estimate of drug-likeness (QED) is 0.618. The zero-order valence-corrected chi connectivity index (χ0v) is 12.9. The van der Waals surface area contributed by atoms with Gasteiger partial charge in [0.25, 0.3) is 5.91 Å². The van der Waals surface area contributed by atoms with Gasteiger partial charge in [0.05, 0.1) is 20.8 Å². The number of benzene rings is 1. The van der Waals surface area contributed by atoms with Gasteiger partial charge in [-0.1, -0.05) is 6.08 Å². The van der Waals surface area contributed by atoms with E-state index in [-0.39, 0.29) is 6.61 Å². The maximum absolute atomic E-state index is 12.1. The molecule has 0 aliphatic carbocycles. The Labute approximate surface area is 129 Å². The van der Waals surface area contributed by atoms with E-state index < -0.39 is 12.0 Å². The number of nitrogens with one attached hydrogen (secondary N) is 2. The smallest absolute Gasteiger partial charge is 0.426 e. The maximum Gasteiger partial charge on any atom is 0.426 e. The van der Waals surface area contributed by atoms with Gasteiger partial charge in [0.2, 0.25) is 0 Å². The van der Waals surface area contributed by atoms with E-state index in [0.717, 1.165) is 5.56 Å². The first-order valence-corrected chi connectivity index (χ1v) is 6.66. The number of hydrazine groups is 1. The maximum atomic E-state index is 12.1. The molecule has 7 heteroatoms. The van der Waals surface area contributed by atoms with Crippen LogP contribution in [0.15, 0.2) is 24.8 Å². The van der Waals surface area contributed by atoms with Gasteiger partial charge in [0, 0.05) is 11.1 Å². The summed E-state index contributed by atoms with van der Waals surface area (Å²) < 4.78 is 15.2. The van der Waals surface area contributed by atoms with E-state index in [1.165, 1.54) is 20.3 Å². The molecule has 0 heterocycles. The Kier molecular flexibility index (Phi) is 6.75. The molecule has 120 valence electrons. The summed E-state index contributed by atoms with van der Waals surface area (Å²) in [4.78, 5) is 23.2. The molecule has 7 nitrogen and oxygen atoms in total. The molecule has 0 bridgehead atoms. The molecule has 22 heavy (non-hydrogen) atoms. The van der Waals surface area contributed by atoms with Crippen molar-refractivity contribution in [3.63, 3.8) is 0 Å². The van der Waals surface area contributed by atoms with E-state index in [9.17, 15) is 9.59 Å². The van der Waals surface area contributed by atoms with Crippen molar-refractivity contribution in [1.29, 1.82) is 0 Å². The van der Waals surface area contributed by atoms with E-state index in [1.807, 2.05) is 0 Å². The average molecular weight is 308 g/mol. The number of carbonyl (C=O) groups excluding carboxylic acids is 2. The number of hydrogen-bond acceptors (Lipinski definition) is 5. The molecule has 1 aromatic rings. The highest BCUT2D eigenvalue weighted by Crippen LogP contribution is 2.33. The summed E-state index contributed by atoms with van der Waals surface area (Å²) in [6.45, 7) is 5.54. The highest BCUT2D eigenvalue weighted by molar-refractivity contribution is 5.96. The van der Waals surface area contributed by atoms with Crippen LogP contribution in [-0.4, -0.2) is 32.8 Å². The Hall–Kier alpha value is -2.70. The van der Waals surface area contributed by atoms with Crippen molar-refractivity contribution in [2.24, 2.45) is 0 Å². The van der Waals surface area contributed by atoms with Crippen LogP contribution >= 0.6 is 0 Å². The third-order valence-corrected chi connectivity index (χ3v) is 2.74. The first kappa shape index (κ1) is 17.4. The molecule has 0 saturated heterocycles. The highest BCUT2D eigenvalue weighted by Gasteiger charge is 2.16. The lowest BCUT2D eigenvalue weighted by atomic mass is 10.1. The van der Waals surface area contributed by atoms with E-state index >= 15 is 0 Å². The second-order valence-corrected chi connectivity index (χ2v) is 4.16. The van der Waals surface area contributed by atoms with Crippen molar-refractivity contribution < 1.29 is 23.8 Å². The van der Waals surface area contributed by atoms with Crippen LogP contribution in [0.3, 0.4) is 0 Å². The fourth-order valence-electron chi connectivity index (χ4n) is 1.83.